The Labute approximate surface area is 275 Å². The monoisotopic (exact) mass is 659 g/mol. The molecule has 12 nitrogen and oxygen atoms in total. The Morgan fingerprint density at radius 1 is 1.04 bits per heavy atom. The summed E-state index contributed by atoms with van der Waals surface area (Å²) in [5.74, 6) is 0.410. The minimum atomic E-state index is -0.621. The molecule has 14 heteroatoms. The van der Waals surface area contributed by atoms with Crippen LogP contribution in [0.3, 0.4) is 0 Å². The Morgan fingerprint density at radius 3 is 2.61 bits per heavy atom. The highest BCUT2D eigenvalue weighted by atomic mass is 35.5. The first-order chi connectivity index (χ1) is 22.3. The number of aromatic amines is 1. The van der Waals surface area contributed by atoms with Gasteiger partial charge in [-0.1, -0.05) is 65.2 Å². The number of carbonyl (C=O) groups is 2. The van der Waals surface area contributed by atoms with E-state index in [1.807, 2.05) is 49.4 Å². The van der Waals surface area contributed by atoms with Crippen LogP contribution in [0.25, 0.3) is 16.9 Å². The van der Waals surface area contributed by atoms with Crippen molar-refractivity contribution < 1.29 is 14.3 Å². The van der Waals surface area contributed by atoms with Gasteiger partial charge in [0.15, 0.2) is 0 Å². The predicted octanol–water partition coefficient (Wildman–Crippen LogP) is 4.92. The first-order valence-electron chi connectivity index (χ1n) is 14.7. The number of tetrazole rings is 1. The highest BCUT2D eigenvalue weighted by molar-refractivity contribution is 6.32. The molecule has 1 aliphatic rings. The number of imidazole rings is 1. The Morgan fingerprint density at radius 2 is 1.85 bits per heavy atom. The van der Waals surface area contributed by atoms with Crippen molar-refractivity contribution in [1.29, 1.82) is 0 Å². The average molecular weight is 661 g/mol. The molecule has 46 heavy (non-hydrogen) atoms. The van der Waals surface area contributed by atoms with Crippen molar-refractivity contribution in [1.82, 2.24) is 45.7 Å². The van der Waals surface area contributed by atoms with Gasteiger partial charge >= 0.3 is 6.03 Å². The van der Waals surface area contributed by atoms with Gasteiger partial charge in [0, 0.05) is 35.8 Å². The molecular weight excluding hydrogens is 629 g/mol. The number of carbonyl (C=O) groups excluding carboxylic acids is 2. The van der Waals surface area contributed by atoms with Gasteiger partial charge in [0.25, 0.3) is 5.91 Å². The van der Waals surface area contributed by atoms with Crippen molar-refractivity contribution in [2.75, 3.05) is 26.3 Å². The minimum absolute atomic E-state index is 0.0602. The van der Waals surface area contributed by atoms with Crippen molar-refractivity contribution in [2.45, 2.75) is 25.9 Å². The van der Waals surface area contributed by atoms with E-state index in [9.17, 15) is 9.59 Å². The normalized spacial score (nSPS) is 13.8. The fraction of sp³-hybridized carbons (Fsp3) is 0.250. The third-order valence-corrected chi connectivity index (χ3v) is 8.14. The van der Waals surface area contributed by atoms with Crippen molar-refractivity contribution in [3.8, 4) is 16.9 Å². The highest BCUT2D eigenvalue weighted by Crippen LogP contribution is 2.29. The van der Waals surface area contributed by atoms with Gasteiger partial charge < -0.3 is 25.3 Å². The summed E-state index contributed by atoms with van der Waals surface area (Å²) in [7, 11) is 0. The molecule has 0 radical (unpaired) electrons. The zero-order chi connectivity index (χ0) is 32.0. The van der Waals surface area contributed by atoms with Crippen LogP contribution in [0.5, 0.6) is 0 Å². The Kier molecular flexibility index (Phi) is 9.57. The first kappa shape index (κ1) is 31.2. The fourth-order valence-corrected chi connectivity index (χ4v) is 5.69. The average Bonchev–Trinajstić information content (AvgIpc) is 3.74. The van der Waals surface area contributed by atoms with Gasteiger partial charge in [-0.2, -0.15) is 0 Å². The number of hydrogen-bond donors (Lipinski definition) is 3. The van der Waals surface area contributed by atoms with Crippen LogP contribution in [-0.4, -0.2) is 73.3 Å². The number of aryl methyl sites for hydroxylation is 1. The molecule has 0 bridgehead atoms. The lowest BCUT2D eigenvalue weighted by Crippen LogP contribution is -2.40. The summed E-state index contributed by atoms with van der Waals surface area (Å²) in [5.41, 5.74) is 5.32. The molecule has 6 rings (SSSR count). The minimum Gasteiger partial charge on any atom is -0.378 e. The van der Waals surface area contributed by atoms with E-state index >= 15 is 0 Å². The SMILES string of the molecule is Cc1ccc(-c2nc([C@H](Cc3cccc(C(=O)N4CCOCC4)c3)NC(=O)NCc3cc(Cl)ccc3-n3cnnn3)[nH]c2Cl)cc1. The first-order valence-corrected chi connectivity index (χ1v) is 15.4. The zero-order valence-corrected chi connectivity index (χ0v) is 26.4. The number of aromatic nitrogens is 6. The summed E-state index contributed by atoms with van der Waals surface area (Å²) in [4.78, 5) is 36.4. The predicted molar refractivity (Wildman–Crippen MR) is 173 cm³/mol. The van der Waals surface area contributed by atoms with Gasteiger partial charge in [-0.3, -0.25) is 4.79 Å². The van der Waals surface area contributed by atoms with E-state index in [1.165, 1.54) is 11.0 Å². The van der Waals surface area contributed by atoms with Gasteiger partial charge in [0.2, 0.25) is 0 Å². The standard InChI is InChI=1S/C32H31Cl2N9O3/c1-20-5-7-22(8-6-20)28-29(34)39-30(38-28)26(16-21-3-2-4-23(15-21)31(44)42-11-13-46-14-12-42)37-32(45)35-18-24-17-25(33)9-10-27(24)43-19-36-40-41-43/h2-10,15,17,19,26H,11-14,16,18H2,1H3,(H,38,39)(H2,35,37,45)/t26-/m0/s1. The maximum absolute atomic E-state index is 13.4. The molecule has 236 valence electrons. The van der Waals surface area contributed by atoms with Gasteiger partial charge in [0.05, 0.1) is 24.9 Å². The van der Waals surface area contributed by atoms with Crippen LogP contribution in [0.15, 0.2) is 73.1 Å². The second kappa shape index (κ2) is 14.1. The number of nitrogens with zero attached hydrogens (tertiary/aromatic N) is 6. The van der Waals surface area contributed by atoms with E-state index in [0.29, 0.717) is 71.2 Å². The lowest BCUT2D eigenvalue weighted by Gasteiger charge is -2.27. The Hall–Kier alpha value is -4.78. The summed E-state index contributed by atoms with van der Waals surface area (Å²) >= 11 is 12.9. The third kappa shape index (κ3) is 7.36. The summed E-state index contributed by atoms with van der Waals surface area (Å²) in [6.07, 6.45) is 1.80. The topological polar surface area (TPSA) is 143 Å². The molecular formula is C32H31Cl2N9O3. The maximum atomic E-state index is 13.4. The number of nitrogens with one attached hydrogen (secondary N) is 3. The number of hydrogen-bond acceptors (Lipinski definition) is 7. The molecule has 1 saturated heterocycles. The molecule has 3 heterocycles. The molecule has 0 saturated carbocycles. The molecule has 0 aliphatic carbocycles. The van der Waals surface area contributed by atoms with Crippen molar-refractivity contribution in [2.24, 2.45) is 0 Å². The molecule has 3 N–H and O–H groups in total. The summed E-state index contributed by atoms with van der Waals surface area (Å²) < 4.78 is 6.90. The van der Waals surface area contributed by atoms with E-state index in [1.54, 1.807) is 29.2 Å². The van der Waals surface area contributed by atoms with Crippen molar-refractivity contribution in [3.63, 3.8) is 0 Å². The summed E-state index contributed by atoms with van der Waals surface area (Å²) in [5, 5.41) is 18.2. The van der Waals surface area contributed by atoms with E-state index < -0.39 is 12.1 Å². The Balaban J connectivity index is 1.25. The van der Waals surface area contributed by atoms with Crippen LogP contribution >= 0.6 is 23.2 Å². The van der Waals surface area contributed by atoms with Crippen molar-refractivity contribution in [3.05, 3.63) is 111 Å². The van der Waals surface area contributed by atoms with Gasteiger partial charge in [-0.05, 0) is 65.2 Å². The summed E-state index contributed by atoms with van der Waals surface area (Å²) in [6, 6.07) is 19.4. The number of halogens is 2. The van der Waals surface area contributed by atoms with E-state index in [0.717, 1.165) is 16.7 Å². The lowest BCUT2D eigenvalue weighted by molar-refractivity contribution is 0.0303. The largest absolute Gasteiger partial charge is 0.378 e. The molecule has 3 aromatic carbocycles. The molecule has 1 fully saturated rings. The van der Waals surface area contributed by atoms with Gasteiger partial charge in [0.1, 0.15) is 23.0 Å². The van der Waals surface area contributed by atoms with Crippen LogP contribution in [0.1, 0.15) is 38.9 Å². The van der Waals surface area contributed by atoms with Gasteiger partial charge in [-0.15, -0.1) is 5.10 Å². The lowest BCUT2D eigenvalue weighted by atomic mass is 10.0. The molecule has 3 amide bonds. The number of benzene rings is 3. The van der Waals surface area contributed by atoms with E-state index in [2.05, 4.69) is 31.1 Å². The maximum Gasteiger partial charge on any atom is 0.315 e. The molecule has 0 spiro atoms. The van der Waals surface area contributed by atoms with Gasteiger partial charge in [-0.25, -0.2) is 14.5 Å². The second-order valence-corrected chi connectivity index (χ2v) is 11.7. The zero-order valence-electron chi connectivity index (χ0n) is 24.9. The van der Waals surface area contributed by atoms with Crippen LogP contribution < -0.4 is 10.6 Å². The van der Waals surface area contributed by atoms with Crippen LogP contribution in [0, 0.1) is 6.92 Å². The highest BCUT2D eigenvalue weighted by Gasteiger charge is 2.24. The second-order valence-electron chi connectivity index (χ2n) is 10.9. The number of amides is 3. The quantitative estimate of drug-likeness (QED) is 0.204. The van der Waals surface area contributed by atoms with E-state index in [-0.39, 0.29) is 12.5 Å². The molecule has 1 aliphatic heterocycles. The van der Waals surface area contributed by atoms with Crippen LogP contribution in [-0.2, 0) is 17.7 Å². The van der Waals surface area contributed by atoms with Crippen LogP contribution in [0.2, 0.25) is 10.2 Å². The molecule has 1 atom stereocenters. The smallest absolute Gasteiger partial charge is 0.315 e. The number of urea groups is 1. The number of ether oxygens (including phenoxy) is 1. The third-order valence-electron chi connectivity index (χ3n) is 7.63. The van der Waals surface area contributed by atoms with Crippen LogP contribution in [0.4, 0.5) is 4.79 Å². The Bertz CT molecular complexity index is 1820. The molecule has 0 unspecified atom stereocenters. The molecule has 2 aromatic heterocycles. The van der Waals surface area contributed by atoms with Crippen molar-refractivity contribution >= 4 is 35.1 Å². The molecule has 5 aromatic rings. The van der Waals surface area contributed by atoms with E-state index in [4.69, 9.17) is 32.9 Å². The summed E-state index contributed by atoms with van der Waals surface area (Å²) in [6.45, 7) is 4.27. The number of morpholine rings is 1. The number of H-pyrrole nitrogens is 1. The fourth-order valence-electron chi connectivity index (χ4n) is 5.24. The number of rotatable bonds is 9.